The molecule has 3 amide bonds. The summed E-state index contributed by atoms with van der Waals surface area (Å²) >= 11 is 1.37. The van der Waals surface area contributed by atoms with E-state index in [0.717, 1.165) is 0 Å². The van der Waals surface area contributed by atoms with E-state index in [1.54, 1.807) is 72.5 Å². The van der Waals surface area contributed by atoms with Crippen molar-refractivity contribution in [3.63, 3.8) is 0 Å². The number of ether oxygens (including phenoxy) is 1. The van der Waals surface area contributed by atoms with Crippen molar-refractivity contribution in [1.82, 2.24) is 9.80 Å². The lowest BCUT2D eigenvalue weighted by Crippen LogP contribution is -2.50. The fourth-order valence-corrected chi connectivity index (χ4v) is 4.54. The van der Waals surface area contributed by atoms with Gasteiger partial charge in [-0.2, -0.15) is 0 Å². The molecule has 2 heterocycles. The number of nitrogens with zero attached hydrogens (tertiary/aromatic N) is 3. The molecule has 3 aromatic rings. The van der Waals surface area contributed by atoms with Crippen LogP contribution in [-0.2, 0) is 0 Å². The molecule has 2 aromatic carbocycles. The minimum Gasteiger partial charge on any atom is -0.497 e. The van der Waals surface area contributed by atoms with Crippen LogP contribution in [0.1, 0.15) is 30.4 Å². The summed E-state index contributed by atoms with van der Waals surface area (Å²) in [5, 5.41) is 1.85. The third-order valence-electron chi connectivity index (χ3n) is 5.70. The zero-order valence-corrected chi connectivity index (χ0v) is 19.4. The van der Waals surface area contributed by atoms with Gasteiger partial charge in [0.15, 0.2) is 0 Å². The Morgan fingerprint density at radius 3 is 2.24 bits per heavy atom. The van der Waals surface area contributed by atoms with Crippen LogP contribution in [0.25, 0.3) is 0 Å². The fourth-order valence-electron chi connectivity index (χ4n) is 3.84. The molecule has 1 aliphatic heterocycles. The zero-order valence-electron chi connectivity index (χ0n) is 18.6. The summed E-state index contributed by atoms with van der Waals surface area (Å²) in [6.45, 7) is 1.72. The zero-order chi connectivity index (χ0) is 23.4. The molecule has 0 radical (unpaired) electrons. The maximum atomic E-state index is 13.3. The minimum atomic E-state index is -0.154. The summed E-state index contributed by atoms with van der Waals surface area (Å²) < 4.78 is 5.21. The monoisotopic (exact) mass is 463 g/mol. The highest BCUT2D eigenvalue weighted by molar-refractivity contribution is 7.12. The molecule has 0 bridgehead atoms. The Labute approximate surface area is 196 Å². The van der Waals surface area contributed by atoms with Crippen LogP contribution in [-0.4, -0.2) is 67.9 Å². The second kappa shape index (κ2) is 9.87. The number of thiophene rings is 1. The van der Waals surface area contributed by atoms with Crippen molar-refractivity contribution in [2.75, 3.05) is 45.2 Å². The Kier molecular flexibility index (Phi) is 6.74. The van der Waals surface area contributed by atoms with E-state index in [4.69, 9.17) is 4.74 Å². The fraction of sp³-hybridized carbons (Fsp3) is 0.240. The maximum absolute atomic E-state index is 13.3. The lowest BCUT2D eigenvalue weighted by molar-refractivity contribution is 0.0535. The first-order valence-corrected chi connectivity index (χ1v) is 11.5. The lowest BCUT2D eigenvalue weighted by atomic mass is 10.1. The number of rotatable bonds is 5. The van der Waals surface area contributed by atoms with Gasteiger partial charge in [-0.1, -0.05) is 24.3 Å². The molecule has 1 fully saturated rings. The maximum Gasteiger partial charge on any atom is 0.268 e. The first-order valence-electron chi connectivity index (χ1n) is 10.6. The van der Waals surface area contributed by atoms with Gasteiger partial charge in [0.1, 0.15) is 5.75 Å². The second-order valence-electron chi connectivity index (χ2n) is 7.67. The van der Waals surface area contributed by atoms with Gasteiger partial charge in [-0.3, -0.25) is 14.4 Å². The van der Waals surface area contributed by atoms with Crippen LogP contribution < -0.4 is 9.64 Å². The molecule has 7 nitrogen and oxygen atoms in total. The van der Waals surface area contributed by atoms with Crippen LogP contribution in [0.4, 0.5) is 5.69 Å². The summed E-state index contributed by atoms with van der Waals surface area (Å²) in [6, 6.07) is 17.8. The molecule has 1 aromatic heterocycles. The van der Waals surface area contributed by atoms with Gasteiger partial charge in [0.25, 0.3) is 17.7 Å². The largest absolute Gasteiger partial charge is 0.497 e. The van der Waals surface area contributed by atoms with E-state index < -0.39 is 0 Å². The minimum absolute atomic E-state index is 0.0809. The Morgan fingerprint density at radius 1 is 0.879 bits per heavy atom. The van der Waals surface area contributed by atoms with E-state index in [-0.39, 0.29) is 17.7 Å². The van der Waals surface area contributed by atoms with Crippen molar-refractivity contribution in [2.45, 2.75) is 0 Å². The number of carbonyl (C=O) groups excluding carboxylic acids is 3. The van der Waals surface area contributed by atoms with Crippen molar-refractivity contribution >= 4 is 34.7 Å². The number of amides is 3. The van der Waals surface area contributed by atoms with Crippen LogP contribution in [0.5, 0.6) is 5.75 Å². The van der Waals surface area contributed by atoms with E-state index in [0.29, 0.717) is 53.6 Å². The molecule has 0 spiro atoms. The standard InChI is InChI=1S/C25H25N3O4S/c1-26(25(31)22-11-6-16-33-22)21-10-4-3-9-20(21)24(30)28-14-12-27(13-15-28)23(29)18-7-5-8-19(17-18)32-2/h3-11,16-17H,12-15H2,1-2H3. The SMILES string of the molecule is COc1cccc(C(=O)N2CCN(C(=O)c3ccccc3N(C)C(=O)c3cccs3)CC2)c1. The van der Waals surface area contributed by atoms with Crippen LogP contribution >= 0.6 is 11.3 Å². The summed E-state index contributed by atoms with van der Waals surface area (Å²) in [4.78, 5) is 44.6. The Morgan fingerprint density at radius 2 is 1.58 bits per heavy atom. The van der Waals surface area contributed by atoms with Gasteiger partial charge in [-0.15, -0.1) is 11.3 Å². The molecule has 4 rings (SSSR count). The lowest BCUT2D eigenvalue weighted by Gasteiger charge is -2.35. The molecular weight excluding hydrogens is 438 g/mol. The van der Waals surface area contributed by atoms with Gasteiger partial charge in [0.2, 0.25) is 0 Å². The summed E-state index contributed by atoms with van der Waals surface area (Å²) in [5.74, 6) is 0.249. The van der Waals surface area contributed by atoms with Crippen molar-refractivity contribution in [3.8, 4) is 5.75 Å². The summed E-state index contributed by atoms with van der Waals surface area (Å²) in [5.41, 5.74) is 1.60. The second-order valence-corrected chi connectivity index (χ2v) is 8.62. The smallest absolute Gasteiger partial charge is 0.268 e. The normalized spacial score (nSPS) is 13.5. The molecule has 1 saturated heterocycles. The van der Waals surface area contributed by atoms with Crippen LogP contribution in [0, 0.1) is 0 Å². The van der Waals surface area contributed by atoms with Gasteiger partial charge in [-0.05, 0) is 41.8 Å². The molecule has 170 valence electrons. The van der Waals surface area contributed by atoms with Gasteiger partial charge < -0.3 is 19.4 Å². The van der Waals surface area contributed by atoms with Gasteiger partial charge in [0.05, 0.1) is 23.2 Å². The number of piperazine rings is 1. The number of methoxy groups -OCH3 is 1. The Hall–Kier alpha value is -3.65. The van der Waals surface area contributed by atoms with E-state index in [1.807, 2.05) is 17.5 Å². The number of carbonyl (C=O) groups is 3. The first kappa shape index (κ1) is 22.5. The van der Waals surface area contributed by atoms with Gasteiger partial charge in [-0.25, -0.2) is 0 Å². The van der Waals surface area contributed by atoms with E-state index in [1.165, 1.54) is 16.2 Å². The van der Waals surface area contributed by atoms with E-state index in [9.17, 15) is 14.4 Å². The van der Waals surface area contributed by atoms with Crippen LogP contribution in [0.3, 0.4) is 0 Å². The quantitative estimate of drug-likeness (QED) is 0.579. The molecule has 0 N–H and O–H groups in total. The first-order chi connectivity index (χ1) is 16.0. The molecule has 0 unspecified atom stereocenters. The highest BCUT2D eigenvalue weighted by Crippen LogP contribution is 2.25. The molecule has 0 atom stereocenters. The van der Waals surface area contributed by atoms with Crippen LogP contribution in [0.15, 0.2) is 66.0 Å². The van der Waals surface area contributed by atoms with Crippen molar-refractivity contribution in [3.05, 3.63) is 82.0 Å². The van der Waals surface area contributed by atoms with Gasteiger partial charge in [0, 0.05) is 38.8 Å². The van der Waals surface area contributed by atoms with Crippen molar-refractivity contribution in [2.24, 2.45) is 0 Å². The topological polar surface area (TPSA) is 70.2 Å². The molecular formula is C25H25N3O4S. The molecule has 0 saturated carbocycles. The third-order valence-corrected chi connectivity index (χ3v) is 6.56. The highest BCUT2D eigenvalue weighted by atomic mass is 32.1. The van der Waals surface area contributed by atoms with E-state index >= 15 is 0 Å². The average molecular weight is 464 g/mol. The molecule has 0 aliphatic carbocycles. The predicted octanol–water partition coefficient (Wildman–Crippen LogP) is 3.63. The molecule has 33 heavy (non-hydrogen) atoms. The molecule has 8 heteroatoms. The van der Waals surface area contributed by atoms with Crippen LogP contribution in [0.2, 0.25) is 0 Å². The number of anilines is 1. The van der Waals surface area contributed by atoms with E-state index in [2.05, 4.69) is 0 Å². The molecule has 1 aliphatic rings. The number of para-hydroxylation sites is 1. The van der Waals surface area contributed by atoms with Crippen molar-refractivity contribution < 1.29 is 19.1 Å². The number of benzene rings is 2. The Balaban J connectivity index is 1.45. The van der Waals surface area contributed by atoms with Crippen molar-refractivity contribution in [1.29, 1.82) is 0 Å². The predicted molar refractivity (Wildman–Crippen MR) is 128 cm³/mol. The number of hydrogen-bond acceptors (Lipinski definition) is 5. The highest BCUT2D eigenvalue weighted by Gasteiger charge is 2.28. The third kappa shape index (κ3) is 4.75. The summed E-state index contributed by atoms with van der Waals surface area (Å²) in [6.07, 6.45) is 0. The summed E-state index contributed by atoms with van der Waals surface area (Å²) in [7, 11) is 3.25. The average Bonchev–Trinajstić information content (AvgIpc) is 3.42. The number of hydrogen-bond donors (Lipinski definition) is 0. The Bertz CT molecular complexity index is 1150. The van der Waals surface area contributed by atoms with Gasteiger partial charge >= 0.3 is 0 Å².